The van der Waals surface area contributed by atoms with E-state index in [1.807, 2.05) is 48.7 Å². The summed E-state index contributed by atoms with van der Waals surface area (Å²) in [6.07, 6.45) is 9.43. The van der Waals surface area contributed by atoms with Gasteiger partial charge in [0.2, 0.25) is 10.0 Å². The monoisotopic (exact) mass is 608 g/mol. The Morgan fingerprint density at radius 1 is 1.02 bits per heavy atom. The Balaban J connectivity index is 1.37. The molecule has 0 radical (unpaired) electrons. The van der Waals surface area contributed by atoms with Gasteiger partial charge < -0.3 is 4.74 Å². The molecule has 0 spiro atoms. The van der Waals surface area contributed by atoms with E-state index in [1.54, 1.807) is 32.1 Å². The molecule has 2 aromatic carbocycles. The predicted octanol–water partition coefficient (Wildman–Crippen LogP) is 5.48. The molecule has 3 saturated heterocycles. The first-order valence-electron chi connectivity index (χ1n) is 14.0. The van der Waals surface area contributed by atoms with Crippen LogP contribution in [0.15, 0.2) is 70.6 Å². The topological polar surface area (TPSA) is 84.7 Å². The van der Waals surface area contributed by atoms with Gasteiger partial charge in [-0.3, -0.25) is 9.69 Å². The van der Waals surface area contributed by atoms with Gasteiger partial charge in [-0.25, -0.2) is 13.1 Å². The third kappa shape index (κ3) is 6.05. The standard InChI is InChI=1S/C30H32N4O4S3/c35-29-27(40-30(39)33(29)21-25-13-9-17-38-25)19-23-20-34(24-11-4-3-5-12-24)31-28(23)22-10-8-14-26(18-22)41(36,37)32-15-6-1-2-7-16-32/h3-5,8,10-12,14,18-20,25H,1-2,6-7,9,13,15-17,21H2/b27-19-. The summed E-state index contributed by atoms with van der Waals surface area (Å²) in [6.45, 7) is 2.24. The first-order chi connectivity index (χ1) is 19.9. The van der Waals surface area contributed by atoms with E-state index in [-0.39, 0.29) is 16.9 Å². The molecule has 0 bridgehead atoms. The van der Waals surface area contributed by atoms with Crippen LogP contribution in [0.25, 0.3) is 23.0 Å². The number of thiocarbonyl (C=S) groups is 1. The van der Waals surface area contributed by atoms with Gasteiger partial charge >= 0.3 is 0 Å². The number of hydrogen-bond acceptors (Lipinski definition) is 7. The Morgan fingerprint density at radius 2 is 1.80 bits per heavy atom. The van der Waals surface area contributed by atoms with E-state index in [0.29, 0.717) is 52.3 Å². The summed E-state index contributed by atoms with van der Waals surface area (Å²) in [5, 5.41) is 4.87. The SMILES string of the molecule is O=C1/C(=C/c2cn(-c3ccccc3)nc2-c2cccc(S(=O)(=O)N3CCCCCC3)c2)SC(=S)N1CC1CCCO1. The van der Waals surface area contributed by atoms with Crippen molar-refractivity contribution in [2.24, 2.45) is 0 Å². The molecule has 1 atom stereocenters. The summed E-state index contributed by atoms with van der Waals surface area (Å²) in [6, 6.07) is 16.6. The molecule has 11 heteroatoms. The molecule has 8 nitrogen and oxygen atoms in total. The fraction of sp³-hybridized carbons (Fsp3) is 0.367. The van der Waals surface area contributed by atoms with Crippen molar-refractivity contribution in [3.8, 4) is 16.9 Å². The molecule has 4 heterocycles. The van der Waals surface area contributed by atoms with Gasteiger partial charge in [0.05, 0.1) is 28.1 Å². The number of hydrogen-bond donors (Lipinski definition) is 0. The number of benzene rings is 2. The van der Waals surface area contributed by atoms with Gasteiger partial charge in [-0.1, -0.05) is 67.2 Å². The minimum atomic E-state index is -3.64. The lowest BCUT2D eigenvalue weighted by Crippen LogP contribution is -2.35. The number of ether oxygens (including phenoxy) is 1. The first kappa shape index (κ1) is 28.3. The van der Waals surface area contributed by atoms with E-state index < -0.39 is 10.0 Å². The highest BCUT2D eigenvalue weighted by Crippen LogP contribution is 2.36. The van der Waals surface area contributed by atoms with Gasteiger partial charge in [0.1, 0.15) is 10.0 Å². The van der Waals surface area contributed by atoms with Crippen molar-refractivity contribution in [2.45, 2.75) is 49.5 Å². The summed E-state index contributed by atoms with van der Waals surface area (Å²) in [5.41, 5.74) is 2.81. The van der Waals surface area contributed by atoms with Crippen LogP contribution in [0.4, 0.5) is 0 Å². The lowest BCUT2D eigenvalue weighted by molar-refractivity contribution is -0.123. The second kappa shape index (κ2) is 12.2. The van der Waals surface area contributed by atoms with Gasteiger partial charge in [-0.2, -0.15) is 9.40 Å². The van der Waals surface area contributed by atoms with Crippen LogP contribution in [0.5, 0.6) is 0 Å². The van der Waals surface area contributed by atoms with Crippen LogP contribution in [0.3, 0.4) is 0 Å². The highest BCUT2D eigenvalue weighted by atomic mass is 32.2. The van der Waals surface area contributed by atoms with E-state index in [9.17, 15) is 13.2 Å². The van der Waals surface area contributed by atoms with Crippen molar-refractivity contribution in [3.05, 3.63) is 71.3 Å². The molecule has 3 aromatic rings. The van der Waals surface area contributed by atoms with Crippen molar-refractivity contribution in [3.63, 3.8) is 0 Å². The molecule has 1 amide bonds. The Morgan fingerprint density at radius 3 is 2.54 bits per heavy atom. The smallest absolute Gasteiger partial charge is 0.266 e. The molecule has 3 fully saturated rings. The molecule has 1 unspecified atom stereocenters. The molecule has 214 valence electrons. The number of thioether (sulfide) groups is 1. The van der Waals surface area contributed by atoms with E-state index in [0.717, 1.165) is 44.2 Å². The molecular formula is C30H32N4O4S3. The summed E-state index contributed by atoms with van der Waals surface area (Å²) in [5.74, 6) is -0.147. The molecule has 0 N–H and O–H groups in total. The molecule has 0 saturated carbocycles. The predicted molar refractivity (Wildman–Crippen MR) is 165 cm³/mol. The van der Waals surface area contributed by atoms with Crippen LogP contribution in [0, 0.1) is 0 Å². The van der Waals surface area contributed by atoms with Crippen LogP contribution in [-0.4, -0.2) is 70.0 Å². The number of carbonyl (C=O) groups is 1. The maximum Gasteiger partial charge on any atom is 0.266 e. The Bertz CT molecular complexity index is 1570. The average molecular weight is 609 g/mol. The number of rotatable bonds is 7. The Labute approximate surface area is 250 Å². The quantitative estimate of drug-likeness (QED) is 0.259. The Kier molecular flexibility index (Phi) is 8.41. The van der Waals surface area contributed by atoms with Gasteiger partial charge in [0.15, 0.2) is 0 Å². The summed E-state index contributed by atoms with van der Waals surface area (Å²) in [4.78, 5) is 15.8. The highest BCUT2D eigenvalue weighted by Gasteiger charge is 2.35. The van der Waals surface area contributed by atoms with E-state index in [2.05, 4.69) is 0 Å². The highest BCUT2D eigenvalue weighted by molar-refractivity contribution is 8.26. The molecule has 1 aromatic heterocycles. The molecular weight excluding hydrogens is 577 g/mol. The third-order valence-corrected chi connectivity index (χ3v) is 10.9. The lowest BCUT2D eigenvalue weighted by atomic mass is 10.1. The second-order valence-corrected chi connectivity index (χ2v) is 14.1. The minimum absolute atomic E-state index is 0.00197. The average Bonchev–Trinajstić information content (AvgIpc) is 3.65. The van der Waals surface area contributed by atoms with Crippen molar-refractivity contribution < 1.29 is 17.9 Å². The van der Waals surface area contributed by atoms with Crippen LogP contribution in [0.2, 0.25) is 0 Å². The van der Waals surface area contributed by atoms with Crippen LogP contribution in [-0.2, 0) is 19.6 Å². The lowest BCUT2D eigenvalue weighted by Gasteiger charge is -2.20. The van der Waals surface area contributed by atoms with Crippen molar-refractivity contribution in [1.82, 2.24) is 19.0 Å². The first-order valence-corrected chi connectivity index (χ1v) is 16.7. The summed E-state index contributed by atoms with van der Waals surface area (Å²) >= 11 is 6.83. The minimum Gasteiger partial charge on any atom is -0.376 e. The Hall–Kier alpha value is -2.83. The second-order valence-electron chi connectivity index (χ2n) is 10.5. The van der Waals surface area contributed by atoms with Gasteiger partial charge in [-0.05, 0) is 56.0 Å². The van der Waals surface area contributed by atoms with Crippen LogP contribution >= 0.6 is 24.0 Å². The molecule has 6 rings (SSSR count). The largest absolute Gasteiger partial charge is 0.376 e. The normalized spacial score (nSPS) is 21.6. The molecule has 3 aliphatic rings. The van der Waals surface area contributed by atoms with Gasteiger partial charge in [0.25, 0.3) is 5.91 Å². The fourth-order valence-electron chi connectivity index (χ4n) is 5.46. The maximum absolute atomic E-state index is 13.6. The van der Waals surface area contributed by atoms with Gasteiger partial charge in [0, 0.05) is 37.0 Å². The van der Waals surface area contributed by atoms with Crippen molar-refractivity contribution >= 4 is 50.3 Å². The van der Waals surface area contributed by atoms with E-state index in [4.69, 9.17) is 22.1 Å². The molecule has 0 aliphatic carbocycles. The van der Waals surface area contributed by atoms with Crippen LogP contribution < -0.4 is 0 Å². The zero-order valence-electron chi connectivity index (χ0n) is 22.6. The molecule has 3 aliphatic heterocycles. The summed E-state index contributed by atoms with van der Waals surface area (Å²) in [7, 11) is -3.64. The van der Waals surface area contributed by atoms with Crippen molar-refractivity contribution in [1.29, 1.82) is 0 Å². The number of para-hydroxylation sites is 1. The fourth-order valence-corrected chi connectivity index (χ4v) is 8.29. The number of aromatic nitrogens is 2. The number of carbonyl (C=O) groups excluding carboxylic acids is 1. The number of nitrogens with zero attached hydrogens (tertiary/aromatic N) is 4. The third-order valence-electron chi connectivity index (χ3n) is 7.64. The molecule has 41 heavy (non-hydrogen) atoms. The van der Waals surface area contributed by atoms with E-state index >= 15 is 0 Å². The zero-order chi connectivity index (χ0) is 28.4. The summed E-state index contributed by atoms with van der Waals surface area (Å²) < 4.78 is 36.8. The van der Waals surface area contributed by atoms with Crippen molar-refractivity contribution in [2.75, 3.05) is 26.2 Å². The maximum atomic E-state index is 13.6. The van der Waals surface area contributed by atoms with Gasteiger partial charge in [-0.15, -0.1) is 0 Å². The number of amides is 1. The van der Waals surface area contributed by atoms with Crippen LogP contribution in [0.1, 0.15) is 44.1 Å². The van der Waals surface area contributed by atoms with E-state index in [1.165, 1.54) is 11.8 Å². The zero-order valence-corrected chi connectivity index (χ0v) is 25.1. The number of sulfonamides is 1.